The number of nitrogens with zero attached hydrogens (tertiary/aromatic N) is 4. The van der Waals surface area contributed by atoms with E-state index in [1.165, 1.54) is 35.5 Å². The third kappa shape index (κ3) is 5.05. The van der Waals surface area contributed by atoms with Crippen molar-refractivity contribution in [2.24, 2.45) is 0 Å². The molecule has 7 nitrogen and oxygen atoms in total. The number of halogens is 6. The maximum absolute atomic E-state index is 13.5. The number of aromatic nitrogens is 3. The Labute approximate surface area is 206 Å². The summed E-state index contributed by atoms with van der Waals surface area (Å²) in [6.45, 7) is 1.51. The fourth-order valence-corrected chi connectivity index (χ4v) is 4.47. The van der Waals surface area contributed by atoms with E-state index in [2.05, 4.69) is 10.1 Å². The van der Waals surface area contributed by atoms with Gasteiger partial charge in [0.2, 0.25) is 0 Å². The molecule has 196 valence electrons. The first-order valence-electron chi connectivity index (χ1n) is 11.3. The highest BCUT2D eigenvalue weighted by molar-refractivity contribution is 5.93. The molecule has 0 saturated carbocycles. The molecule has 4 heterocycles. The summed E-state index contributed by atoms with van der Waals surface area (Å²) in [5.74, 6) is -1.24. The van der Waals surface area contributed by atoms with Gasteiger partial charge in [0.05, 0.1) is 35.7 Å². The van der Waals surface area contributed by atoms with Crippen LogP contribution in [0.5, 0.6) is 0 Å². The zero-order valence-electron chi connectivity index (χ0n) is 19.1. The van der Waals surface area contributed by atoms with E-state index in [1.807, 2.05) is 0 Å². The van der Waals surface area contributed by atoms with E-state index < -0.39 is 40.9 Å². The van der Waals surface area contributed by atoms with Crippen LogP contribution < -0.4 is 0 Å². The van der Waals surface area contributed by atoms with Gasteiger partial charge in [0.25, 0.3) is 5.91 Å². The van der Waals surface area contributed by atoms with Crippen molar-refractivity contribution in [2.45, 2.75) is 31.0 Å². The van der Waals surface area contributed by atoms with Gasteiger partial charge in [0.1, 0.15) is 0 Å². The number of benzene rings is 1. The molecular weight excluding hydrogens is 506 g/mol. The molecule has 2 fully saturated rings. The normalized spacial score (nSPS) is 17.9. The lowest BCUT2D eigenvalue weighted by molar-refractivity contribution is -0.181. The van der Waals surface area contributed by atoms with Crippen molar-refractivity contribution < 1.29 is 40.6 Å². The maximum Gasteiger partial charge on any atom is 0.416 e. The highest BCUT2D eigenvalue weighted by Gasteiger charge is 2.41. The van der Waals surface area contributed by atoms with Crippen molar-refractivity contribution in [1.82, 2.24) is 19.7 Å². The van der Waals surface area contributed by atoms with E-state index in [9.17, 15) is 31.1 Å². The quantitative estimate of drug-likeness (QED) is 0.452. The number of likely N-dealkylation sites (tertiary alicyclic amines) is 1. The Morgan fingerprint density at radius 1 is 0.865 bits per heavy atom. The average molecular weight is 526 g/mol. The standard InChI is InChI=1S/C24H20F6N4O3/c25-23(26,27)16-11-17(24(28,29)30)13-18(12-16)34-20(15-1-5-31-6-2-15)14-19(32-34)21(35)33-7-3-22(4-8-33)36-9-10-37-22/h1-2,5-6,11-14H,3-4,7-10H2. The molecule has 2 saturated heterocycles. The largest absolute Gasteiger partial charge is 0.416 e. The molecule has 1 amide bonds. The van der Waals surface area contributed by atoms with E-state index in [0.717, 1.165) is 4.68 Å². The number of rotatable bonds is 3. The first kappa shape index (κ1) is 25.2. The third-order valence-corrected chi connectivity index (χ3v) is 6.35. The fraction of sp³-hybridized carbons (Fsp3) is 0.375. The van der Waals surface area contributed by atoms with Crippen molar-refractivity contribution in [3.8, 4) is 16.9 Å². The molecule has 0 aliphatic carbocycles. The Morgan fingerprint density at radius 3 is 1.97 bits per heavy atom. The number of hydrogen-bond donors (Lipinski definition) is 0. The van der Waals surface area contributed by atoms with Crippen LogP contribution >= 0.6 is 0 Å². The predicted octanol–water partition coefficient (Wildman–Crippen LogP) is 4.95. The van der Waals surface area contributed by atoms with Crippen molar-refractivity contribution in [3.05, 3.63) is 65.6 Å². The van der Waals surface area contributed by atoms with Gasteiger partial charge in [0.15, 0.2) is 11.5 Å². The first-order valence-corrected chi connectivity index (χ1v) is 11.3. The molecular formula is C24H20F6N4O3. The summed E-state index contributed by atoms with van der Waals surface area (Å²) in [6.07, 6.45) is -6.39. The van der Waals surface area contributed by atoms with E-state index in [-0.39, 0.29) is 30.5 Å². The highest BCUT2D eigenvalue weighted by Crippen LogP contribution is 2.38. The van der Waals surface area contributed by atoms with Crippen LogP contribution in [0.25, 0.3) is 16.9 Å². The van der Waals surface area contributed by atoms with Gasteiger partial charge in [0, 0.05) is 43.9 Å². The summed E-state index contributed by atoms with van der Waals surface area (Å²) in [5.41, 5.74) is -3.05. The molecule has 2 aliphatic heterocycles. The fourth-order valence-electron chi connectivity index (χ4n) is 4.47. The summed E-state index contributed by atoms with van der Waals surface area (Å²) in [7, 11) is 0. The Balaban J connectivity index is 1.56. The van der Waals surface area contributed by atoms with Gasteiger partial charge >= 0.3 is 12.4 Å². The second kappa shape index (κ2) is 9.14. The Morgan fingerprint density at radius 2 is 1.43 bits per heavy atom. The monoisotopic (exact) mass is 526 g/mol. The third-order valence-electron chi connectivity index (χ3n) is 6.35. The van der Waals surface area contributed by atoms with Crippen LogP contribution in [0, 0.1) is 0 Å². The number of alkyl halides is 6. The number of hydrogen-bond acceptors (Lipinski definition) is 5. The van der Waals surface area contributed by atoms with Gasteiger partial charge in [-0.05, 0) is 36.4 Å². The first-order chi connectivity index (χ1) is 17.5. The molecule has 0 unspecified atom stereocenters. The summed E-state index contributed by atoms with van der Waals surface area (Å²) in [6, 6.07) is 5.56. The van der Waals surface area contributed by atoms with E-state index in [4.69, 9.17) is 9.47 Å². The summed E-state index contributed by atoms with van der Waals surface area (Å²) in [4.78, 5) is 18.7. The number of carbonyl (C=O) groups excluding carboxylic acids is 1. The molecule has 1 spiro atoms. The molecule has 13 heteroatoms. The average Bonchev–Trinajstić information content (AvgIpc) is 3.51. The molecule has 5 rings (SSSR count). The number of amides is 1. The second-order valence-corrected chi connectivity index (χ2v) is 8.73. The van der Waals surface area contributed by atoms with Gasteiger partial charge in [-0.1, -0.05) is 0 Å². The Kier molecular flexibility index (Phi) is 6.23. The van der Waals surface area contributed by atoms with Gasteiger partial charge in [-0.2, -0.15) is 31.4 Å². The molecule has 0 radical (unpaired) electrons. The number of pyridine rings is 1. The molecule has 3 aromatic rings. The van der Waals surface area contributed by atoms with Gasteiger partial charge in [-0.3, -0.25) is 9.78 Å². The summed E-state index contributed by atoms with van der Waals surface area (Å²) in [5, 5.41) is 4.18. The van der Waals surface area contributed by atoms with Crippen LogP contribution in [0.3, 0.4) is 0 Å². The number of piperidine rings is 1. The number of ether oxygens (including phenoxy) is 2. The van der Waals surface area contributed by atoms with Crippen LogP contribution in [0.4, 0.5) is 26.3 Å². The van der Waals surface area contributed by atoms with Crippen molar-refractivity contribution in [3.63, 3.8) is 0 Å². The predicted molar refractivity (Wildman–Crippen MR) is 117 cm³/mol. The summed E-state index contributed by atoms with van der Waals surface area (Å²) >= 11 is 0. The lowest BCUT2D eigenvalue weighted by atomic mass is 10.0. The summed E-state index contributed by atoms with van der Waals surface area (Å²) < 4.78 is 93.2. The molecule has 0 atom stereocenters. The molecule has 2 aromatic heterocycles. The van der Waals surface area contributed by atoms with Crippen LogP contribution in [0.15, 0.2) is 48.8 Å². The minimum Gasteiger partial charge on any atom is -0.347 e. The lowest BCUT2D eigenvalue weighted by Crippen LogP contribution is -2.47. The van der Waals surface area contributed by atoms with Crippen molar-refractivity contribution >= 4 is 5.91 Å². The zero-order valence-corrected chi connectivity index (χ0v) is 19.1. The van der Waals surface area contributed by atoms with Gasteiger partial charge in [-0.25, -0.2) is 4.68 Å². The van der Waals surface area contributed by atoms with Gasteiger partial charge in [-0.15, -0.1) is 0 Å². The minimum absolute atomic E-state index is 0.0436. The van der Waals surface area contributed by atoms with Gasteiger partial charge < -0.3 is 14.4 Å². The smallest absolute Gasteiger partial charge is 0.347 e. The Hall–Kier alpha value is -3.45. The topological polar surface area (TPSA) is 69.5 Å². The van der Waals surface area contributed by atoms with Crippen molar-refractivity contribution in [1.29, 1.82) is 0 Å². The molecule has 1 aromatic carbocycles. The van der Waals surface area contributed by atoms with Crippen LogP contribution in [0.2, 0.25) is 0 Å². The molecule has 0 N–H and O–H groups in total. The highest BCUT2D eigenvalue weighted by atomic mass is 19.4. The SMILES string of the molecule is O=C(c1cc(-c2ccncc2)n(-c2cc(C(F)(F)F)cc(C(F)(F)F)c2)n1)N1CCC2(CC1)OCCO2. The van der Waals surface area contributed by atoms with Crippen LogP contribution in [0.1, 0.15) is 34.5 Å². The second-order valence-electron chi connectivity index (χ2n) is 8.73. The number of carbonyl (C=O) groups is 1. The molecule has 2 aliphatic rings. The van der Waals surface area contributed by atoms with Crippen LogP contribution in [-0.2, 0) is 21.8 Å². The van der Waals surface area contributed by atoms with Crippen molar-refractivity contribution in [2.75, 3.05) is 26.3 Å². The minimum atomic E-state index is -5.03. The van der Waals surface area contributed by atoms with E-state index >= 15 is 0 Å². The zero-order chi connectivity index (χ0) is 26.4. The molecule has 0 bridgehead atoms. The lowest BCUT2D eigenvalue weighted by Gasteiger charge is -2.37. The molecule has 37 heavy (non-hydrogen) atoms. The van der Waals surface area contributed by atoms with E-state index in [1.54, 1.807) is 0 Å². The maximum atomic E-state index is 13.5. The van der Waals surface area contributed by atoms with Crippen LogP contribution in [-0.4, -0.2) is 57.7 Å². The van der Waals surface area contributed by atoms with E-state index in [0.29, 0.717) is 43.8 Å². The Bertz CT molecular complexity index is 1260.